The van der Waals surface area contributed by atoms with Gasteiger partial charge in [-0.25, -0.2) is 21.6 Å². The Hall–Kier alpha value is -5.55. The number of hydrogen-bond acceptors (Lipinski definition) is 11. The number of ether oxygens (including phenoxy) is 3. The van der Waals surface area contributed by atoms with E-state index in [1.54, 1.807) is 57.2 Å². The summed E-state index contributed by atoms with van der Waals surface area (Å²) in [6, 6.07) is 21.3. The average molecular weight is 798 g/mol. The van der Waals surface area contributed by atoms with Crippen LogP contribution in [0.4, 0.5) is 21.9 Å². The van der Waals surface area contributed by atoms with E-state index in [1.807, 2.05) is 0 Å². The molecule has 2 amide bonds. The molecule has 4 N–H and O–H groups in total. The van der Waals surface area contributed by atoms with Crippen molar-refractivity contribution in [3.8, 4) is 5.75 Å². The molecule has 296 valence electrons. The second kappa shape index (κ2) is 18.7. The van der Waals surface area contributed by atoms with Gasteiger partial charge in [-0.05, 0) is 94.3 Å². The number of sulfonamides is 2. The molecule has 0 aromatic heterocycles. The Balaban J connectivity index is 1.38. The maximum absolute atomic E-state index is 13.9. The van der Waals surface area contributed by atoms with Crippen LogP contribution in [0.3, 0.4) is 0 Å². The van der Waals surface area contributed by atoms with Gasteiger partial charge >= 0.3 is 12.1 Å². The molecule has 0 unspecified atom stereocenters. The predicted molar refractivity (Wildman–Crippen MR) is 210 cm³/mol. The molecule has 0 aliphatic rings. The molecular weight excluding hydrogens is 751 g/mol. The van der Waals surface area contributed by atoms with Gasteiger partial charge in [0.2, 0.25) is 5.91 Å². The Morgan fingerprint density at radius 1 is 0.727 bits per heavy atom. The molecule has 0 saturated heterocycles. The number of methoxy groups -OCH3 is 2. The van der Waals surface area contributed by atoms with E-state index in [9.17, 15) is 31.2 Å². The lowest BCUT2D eigenvalue weighted by Gasteiger charge is -2.25. The van der Waals surface area contributed by atoms with E-state index >= 15 is 0 Å². The number of benzene rings is 4. The fourth-order valence-electron chi connectivity index (χ4n) is 5.29. The second-order valence-electron chi connectivity index (χ2n) is 13.2. The van der Waals surface area contributed by atoms with Crippen LogP contribution in [-0.2, 0) is 39.1 Å². The first kappa shape index (κ1) is 42.2. The highest BCUT2D eigenvalue weighted by molar-refractivity contribution is 7.93. The zero-order valence-electron chi connectivity index (χ0n) is 31.4. The Morgan fingerprint density at radius 2 is 1.36 bits per heavy atom. The fraction of sp³-hybridized carbons (Fsp3) is 0.342. The maximum Gasteiger partial charge on any atom is 0.407 e. The summed E-state index contributed by atoms with van der Waals surface area (Å²) in [6.45, 7) is 5.95. The summed E-state index contributed by atoms with van der Waals surface area (Å²) in [4.78, 5) is 36.2. The van der Waals surface area contributed by atoms with Gasteiger partial charge in [0, 0.05) is 42.5 Å². The van der Waals surface area contributed by atoms with Crippen LogP contribution in [0.2, 0.25) is 0 Å². The Kier molecular flexibility index (Phi) is 14.3. The summed E-state index contributed by atoms with van der Waals surface area (Å²) in [5.41, 5.74) is 0.412. The van der Waals surface area contributed by atoms with E-state index in [-0.39, 0.29) is 33.5 Å². The average Bonchev–Trinajstić information content (AvgIpc) is 3.15. The number of fused-ring (bicyclic) bond motifs is 1. The number of nitrogens with one attached hydrogen (secondary N) is 4. The summed E-state index contributed by atoms with van der Waals surface area (Å²) >= 11 is 0. The Morgan fingerprint density at radius 3 is 2.00 bits per heavy atom. The van der Waals surface area contributed by atoms with Gasteiger partial charge in [0.1, 0.15) is 17.9 Å². The fourth-order valence-corrected chi connectivity index (χ4v) is 7.80. The molecule has 17 heteroatoms. The molecule has 0 bridgehead atoms. The summed E-state index contributed by atoms with van der Waals surface area (Å²) in [7, 11) is -5.79. The maximum atomic E-state index is 13.9. The molecule has 0 heterocycles. The molecule has 0 radical (unpaired) electrons. The van der Waals surface area contributed by atoms with Crippen molar-refractivity contribution in [1.82, 2.24) is 10.6 Å². The molecule has 0 aliphatic heterocycles. The lowest BCUT2D eigenvalue weighted by molar-refractivity contribution is -0.138. The molecule has 0 fully saturated rings. The van der Waals surface area contributed by atoms with Crippen LogP contribution >= 0.6 is 0 Å². The van der Waals surface area contributed by atoms with Gasteiger partial charge in [-0.2, -0.15) is 0 Å². The highest BCUT2D eigenvalue weighted by Gasteiger charge is 2.30. The number of amides is 2. The van der Waals surface area contributed by atoms with Crippen LogP contribution in [-0.4, -0.2) is 80.8 Å². The van der Waals surface area contributed by atoms with Gasteiger partial charge in [-0.1, -0.05) is 24.3 Å². The minimum absolute atomic E-state index is 0.0128. The predicted octanol–water partition coefficient (Wildman–Crippen LogP) is 5.24. The van der Waals surface area contributed by atoms with Crippen LogP contribution < -0.4 is 29.7 Å². The highest BCUT2D eigenvalue weighted by Crippen LogP contribution is 2.36. The molecule has 15 nitrogen and oxygen atoms in total. The van der Waals surface area contributed by atoms with Gasteiger partial charge in [-0.15, -0.1) is 0 Å². The number of alkyl carbamates (subject to hydrolysis) is 1. The van der Waals surface area contributed by atoms with E-state index < -0.39 is 44.3 Å². The van der Waals surface area contributed by atoms with Crippen LogP contribution in [0.25, 0.3) is 10.8 Å². The third-order valence-corrected chi connectivity index (χ3v) is 11.1. The number of carbonyl (C=O) groups is 3. The Labute approximate surface area is 321 Å². The van der Waals surface area contributed by atoms with E-state index in [0.717, 1.165) is 11.4 Å². The van der Waals surface area contributed by atoms with E-state index in [2.05, 4.69) is 20.7 Å². The lowest BCUT2D eigenvalue weighted by Crippen LogP contribution is -2.36. The van der Waals surface area contributed by atoms with Crippen molar-refractivity contribution < 1.29 is 45.4 Å². The van der Waals surface area contributed by atoms with Crippen molar-refractivity contribution >= 4 is 65.9 Å². The molecule has 55 heavy (non-hydrogen) atoms. The van der Waals surface area contributed by atoms with Crippen LogP contribution in [0, 0.1) is 0 Å². The van der Waals surface area contributed by atoms with E-state index in [1.165, 1.54) is 55.6 Å². The van der Waals surface area contributed by atoms with Gasteiger partial charge < -0.3 is 30.2 Å². The summed E-state index contributed by atoms with van der Waals surface area (Å²) in [6.07, 6.45) is 0.866. The van der Waals surface area contributed by atoms with Crippen LogP contribution in [0.5, 0.6) is 5.75 Å². The highest BCUT2D eigenvalue weighted by atomic mass is 32.2. The first-order valence-corrected chi connectivity index (χ1v) is 20.3. The Bertz CT molecular complexity index is 2170. The minimum Gasteiger partial charge on any atom is -0.497 e. The first-order chi connectivity index (χ1) is 26.0. The standard InChI is InChI=1S/C38H47N5O10S2/c1-38(2,3)53-37(46)41-25-9-24-40-35(44)12-8-23-39-27-13-17-29(18-14-27)54(47,48)42-33-21-22-34(32-11-7-6-10-31(32)33)43(26-36(45)52-5)55(49,50)30-19-15-28(51-4)16-20-30/h6-7,10-11,13-22,39,42H,8-9,12,23-26H2,1-5H3,(H,40,44)(H,41,46). The third kappa shape index (κ3) is 12.0. The van der Waals surface area contributed by atoms with Crippen molar-refractivity contribution in [2.45, 2.75) is 55.4 Å². The summed E-state index contributed by atoms with van der Waals surface area (Å²) in [5.74, 6) is -0.473. The lowest BCUT2D eigenvalue weighted by atomic mass is 10.1. The van der Waals surface area contributed by atoms with Crippen molar-refractivity contribution in [3.05, 3.63) is 84.9 Å². The van der Waals surface area contributed by atoms with Gasteiger partial charge in [0.05, 0.1) is 35.4 Å². The van der Waals surface area contributed by atoms with E-state index in [4.69, 9.17) is 14.2 Å². The van der Waals surface area contributed by atoms with Crippen molar-refractivity contribution in [3.63, 3.8) is 0 Å². The zero-order valence-corrected chi connectivity index (χ0v) is 33.0. The van der Waals surface area contributed by atoms with Gasteiger partial charge in [0.15, 0.2) is 0 Å². The van der Waals surface area contributed by atoms with Crippen LogP contribution in [0.1, 0.15) is 40.0 Å². The monoisotopic (exact) mass is 797 g/mol. The molecule has 4 aromatic carbocycles. The third-order valence-electron chi connectivity index (χ3n) is 7.98. The molecule has 0 aliphatic carbocycles. The summed E-state index contributed by atoms with van der Waals surface area (Å²) in [5, 5.41) is 9.38. The molecule has 4 rings (SSSR count). The SMILES string of the molecule is COC(=O)CN(c1ccc(NS(=O)(=O)c2ccc(NCCCC(=O)NCCCNC(=O)OC(C)(C)C)cc2)c2ccccc12)S(=O)(=O)c1ccc(OC)cc1. The molecule has 0 spiro atoms. The minimum atomic E-state index is -4.30. The number of carbonyl (C=O) groups excluding carboxylic acids is 3. The van der Waals surface area contributed by atoms with Crippen molar-refractivity contribution in [2.75, 3.05) is 54.7 Å². The normalized spacial score (nSPS) is 11.7. The molecule has 0 saturated carbocycles. The largest absolute Gasteiger partial charge is 0.497 e. The number of hydrogen-bond donors (Lipinski definition) is 4. The summed E-state index contributed by atoms with van der Waals surface area (Å²) < 4.78 is 73.5. The number of nitrogens with zero attached hydrogens (tertiary/aromatic N) is 1. The quantitative estimate of drug-likeness (QED) is 0.0759. The van der Waals surface area contributed by atoms with Crippen LogP contribution in [0.15, 0.2) is 94.7 Å². The number of anilines is 3. The van der Waals surface area contributed by atoms with Gasteiger partial charge in [-0.3, -0.25) is 18.6 Å². The van der Waals surface area contributed by atoms with Crippen molar-refractivity contribution in [2.24, 2.45) is 0 Å². The topological polar surface area (TPSA) is 199 Å². The second-order valence-corrected chi connectivity index (χ2v) is 16.8. The van der Waals surface area contributed by atoms with Gasteiger partial charge in [0.25, 0.3) is 20.0 Å². The number of rotatable bonds is 18. The van der Waals surface area contributed by atoms with E-state index in [0.29, 0.717) is 54.7 Å². The smallest absolute Gasteiger partial charge is 0.407 e. The first-order valence-electron chi connectivity index (χ1n) is 17.4. The molecular formula is C38H47N5O10S2. The molecule has 4 aromatic rings. The van der Waals surface area contributed by atoms with Crippen molar-refractivity contribution in [1.29, 1.82) is 0 Å². The molecule has 0 atom stereocenters. The number of esters is 1. The zero-order chi connectivity index (χ0) is 40.2.